The molecule has 0 aromatic carbocycles. The van der Waals surface area contributed by atoms with Crippen LogP contribution in [0, 0.1) is 11.8 Å². The minimum Gasteiger partial charge on any atom is -0.338 e. The molecule has 0 rings (SSSR count). The number of alkyl halides is 2. The fourth-order valence-corrected chi connectivity index (χ4v) is 1.07. The van der Waals surface area contributed by atoms with Gasteiger partial charge in [0.25, 0.3) is 0 Å². The summed E-state index contributed by atoms with van der Waals surface area (Å²) in [6.45, 7) is 7.68. The molecule has 86 valence electrons. The van der Waals surface area contributed by atoms with Crippen molar-refractivity contribution < 1.29 is 4.79 Å². The first kappa shape index (κ1) is 15.0. The quantitative estimate of drug-likeness (QED) is 0.621. The molecule has 1 amide bonds. The Morgan fingerprint density at radius 1 is 1.33 bits per heavy atom. The van der Waals surface area contributed by atoms with Crippen molar-refractivity contribution in [3.63, 3.8) is 0 Å². The smallest absolute Gasteiger partial charge is 0.248 e. The number of hydrogen-bond acceptors (Lipinski definition) is 1. The van der Waals surface area contributed by atoms with Crippen LogP contribution in [0.2, 0.25) is 0 Å². The summed E-state index contributed by atoms with van der Waals surface area (Å²) in [5.41, 5.74) is -0.491. The number of rotatable bonds is 3. The molecule has 0 saturated carbocycles. The molecular weight excluding hydrogens is 322 g/mol. The Bertz CT molecular complexity index is 287. The lowest BCUT2D eigenvalue weighted by Crippen LogP contribution is -2.48. The summed E-state index contributed by atoms with van der Waals surface area (Å²) in [6.07, 6.45) is 1.46. The number of carbonyl (C=O) groups is 1. The monoisotopic (exact) mass is 337 g/mol. The van der Waals surface area contributed by atoms with Crippen LogP contribution in [0.3, 0.4) is 0 Å². The van der Waals surface area contributed by atoms with Gasteiger partial charge in [0.15, 0.2) is 3.23 Å². The number of nitrogens with one attached hydrogen (secondary N) is 1. The van der Waals surface area contributed by atoms with Crippen LogP contribution in [-0.2, 0) is 4.79 Å². The lowest BCUT2D eigenvalue weighted by Gasteiger charge is -2.25. The van der Waals surface area contributed by atoms with Crippen molar-refractivity contribution in [2.45, 2.75) is 49.3 Å². The Labute approximate surface area is 109 Å². The number of carbonyl (C=O) groups excluding carboxylic acids is 1. The molecule has 0 aliphatic rings. The van der Waals surface area contributed by atoms with E-state index in [1.807, 2.05) is 27.7 Å². The summed E-state index contributed by atoms with van der Waals surface area (Å²) >= 11 is 6.65. The molecule has 0 aromatic rings. The van der Waals surface area contributed by atoms with Gasteiger partial charge in [0, 0.05) is 6.42 Å². The minimum atomic E-state index is -0.689. The Morgan fingerprint density at radius 2 is 1.87 bits per heavy atom. The molecule has 0 aromatic heterocycles. The van der Waals surface area contributed by atoms with Crippen molar-refractivity contribution in [3.05, 3.63) is 0 Å². The first-order valence-corrected chi connectivity index (χ1v) is 6.54. The molecule has 0 radical (unpaired) electrons. The summed E-state index contributed by atoms with van der Waals surface area (Å²) in [4.78, 5) is 11.8. The highest BCUT2D eigenvalue weighted by molar-refractivity contribution is 9.25. The third-order valence-corrected chi connectivity index (χ3v) is 3.62. The van der Waals surface area contributed by atoms with E-state index in [9.17, 15) is 4.79 Å². The first-order valence-electron chi connectivity index (χ1n) is 4.95. The van der Waals surface area contributed by atoms with E-state index in [4.69, 9.17) is 0 Å². The van der Waals surface area contributed by atoms with Crippen LogP contribution in [0.4, 0.5) is 0 Å². The van der Waals surface area contributed by atoms with Gasteiger partial charge < -0.3 is 5.32 Å². The van der Waals surface area contributed by atoms with E-state index < -0.39 is 8.77 Å². The largest absolute Gasteiger partial charge is 0.338 e. The van der Waals surface area contributed by atoms with Crippen molar-refractivity contribution >= 4 is 37.8 Å². The normalized spacial score (nSPS) is 11.6. The summed E-state index contributed by atoms with van der Waals surface area (Å²) in [7, 11) is 0. The molecule has 0 aliphatic carbocycles. The van der Waals surface area contributed by atoms with Crippen molar-refractivity contribution in [3.8, 4) is 11.8 Å². The fraction of sp³-hybridized carbons (Fsp3) is 0.727. The molecule has 2 nitrogen and oxygen atoms in total. The van der Waals surface area contributed by atoms with Crippen LogP contribution >= 0.6 is 31.9 Å². The van der Waals surface area contributed by atoms with Gasteiger partial charge in [-0.15, -0.1) is 5.92 Å². The molecule has 0 fully saturated rings. The van der Waals surface area contributed by atoms with E-state index in [-0.39, 0.29) is 5.91 Å². The van der Waals surface area contributed by atoms with E-state index in [0.29, 0.717) is 6.42 Å². The minimum absolute atomic E-state index is 0.0968. The van der Waals surface area contributed by atoms with E-state index >= 15 is 0 Å². The molecule has 15 heavy (non-hydrogen) atoms. The zero-order valence-electron chi connectivity index (χ0n) is 9.58. The summed E-state index contributed by atoms with van der Waals surface area (Å²) < 4.78 is -0.689. The predicted octanol–water partition coefficient (Wildman–Crippen LogP) is 3.19. The Hall–Kier alpha value is -0.0100. The van der Waals surface area contributed by atoms with Gasteiger partial charge in [-0.3, -0.25) is 4.79 Å². The van der Waals surface area contributed by atoms with Crippen LogP contribution in [0.15, 0.2) is 0 Å². The molecular formula is C11H17Br2NO. The molecule has 4 heteroatoms. The second-order valence-electron chi connectivity index (χ2n) is 3.79. The second kappa shape index (κ2) is 5.91. The molecule has 0 heterocycles. The third-order valence-electron chi connectivity index (χ3n) is 1.78. The van der Waals surface area contributed by atoms with Crippen LogP contribution in [0.25, 0.3) is 0 Å². The van der Waals surface area contributed by atoms with Crippen molar-refractivity contribution in [2.75, 3.05) is 0 Å². The zero-order chi connectivity index (χ0) is 12.1. The number of halogens is 2. The maximum atomic E-state index is 11.8. The maximum Gasteiger partial charge on any atom is 0.248 e. The van der Waals surface area contributed by atoms with Crippen molar-refractivity contribution in [1.82, 2.24) is 5.32 Å². The first-order chi connectivity index (χ1) is 6.75. The molecule has 0 atom stereocenters. The van der Waals surface area contributed by atoms with Crippen LogP contribution in [0.1, 0.15) is 40.5 Å². The van der Waals surface area contributed by atoms with Gasteiger partial charge in [-0.2, -0.15) is 0 Å². The highest BCUT2D eigenvalue weighted by atomic mass is 79.9. The van der Waals surface area contributed by atoms with Gasteiger partial charge >= 0.3 is 0 Å². The van der Waals surface area contributed by atoms with Crippen LogP contribution in [0.5, 0.6) is 0 Å². The molecule has 0 bridgehead atoms. The van der Waals surface area contributed by atoms with Crippen molar-refractivity contribution in [2.24, 2.45) is 0 Å². The van der Waals surface area contributed by atoms with E-state index in [1.54, 1.807) is 0 Å². The lowest BCUT2D eigenvalue weighted by atomic mass is 10.1. The topological polar surface area (TPSA) is 29.1 Å². The third kappa shape index (κ3) is 5.58. The standard InChI is InChI=1S/C11H17Br2NO/c1-5-7-8-10(3,4)14-9(15)11(12,13)6-2/h5-6H2,1-4H3,(H,14,15). The number of amides is 1. The van der Waals surface area contributed by atoms with Gasteiger partial charge in [-0.1, -0.05) is 51.6 Å². The highest BCUT2D eigenvalue weighted by Crippen LogP contribution is 2.30. The Morgan fingerprint density at radius 3 is 2.27 bits per heavy atom. The van der Waals surface area contributed by atoms with Gasteiger partial charge in [0.05, 0.1) is 5.54 Å². The van der Waals surface area contributed by atoms with E-state index in [0.717, 1.165) is 6.42 Å². The average Bonchev–Trinajstić information content (AvgIpc) is 2.14. The molecule has 0 unspecified atom stereocenters. The highest BCUT2D eigenvalue weighted by Gasteiger charge is 2.33. The summed E-state index contributed by atoms with van der Waals surface area (Å²) in [6, 6.07) is 0. The maximum absolute atomic E-state index is 11.8. The van der Waals surface area contributed by atoms with Gasteiger partial charge in [-0.25, -0.2) is 0 Å². The fourth-order valence-electron chi connectivity index (χ4n) is 0.876. The SMILES string of the molecule is CCC#CC(C)(C)NC(=O)C(Br)(Br)CC. The summed E-state index contributed by atoms with van der Waals surface area (Å²) in [5, 5.41) is 2.88. The lowest BCUT2D eigenvalue weighted by molar-refractivity contribution is -0.122. The average molecular weight is 339 g/mol. The van der Waals surface area contributed by atoms with Crippen LogP contribution < -0.4 is 5.32 Å². The zero-order valence-corrected chi connectivity index (χ0v) is 12.8. The molecule has 0 spiro atoms. The Kier molecular flexibility index (Phi) is 5.90. The van der Waals surface area contributed by atoms with Gasteiger partial charge in [-0.05, 0) is 20.3 Å². The molecule has 0 aliphatic heterocycles. The van der Waals surface area contributed by atoms with Crippen LogP contribution in [-0.4, -0.2) is 14.7 Å². The van der Waals surface area contributed by atoms with Gasteiger partial charge in [0.1, 0.15) is 0 Å². The van der Waals surface area contributed by atoms with E-state index in [2.05, 4.69) is 49.0 Å². The van der Waals surface area contributed by atoms with Gasteiger partial charge in [0.2, 0.25) is 5.91 Å². The molecule has 1 N–H and O–H groups in total. The number of hydrogen-bond donors (Lipinski definition) is 1. The van der Waals surface area contributed by atoms with E-state index in [1.165, 1.54) is 0 Å². The second-order valence-corrected chi connectivity index (χ2v) is 7.56. The summed E-state index contributed by atoms with van der Waals surface area (Å²) in [5.74, 6) is 5.88. The molecule has 0 saturated heterocycles. The van der Waals surface area contributed by atoms with Crippen molar-refractivity contribution in [1.29, 1.82) is 0 Å². The predicted molar refractivity (Wildman–Crippen MR) is 71.2 cm³/mol. The Balaban J connectivity index is 4.54.